The van der Waals surface area contributed by atoms with E-state index in [2.05, 4.69) is 21.4 Å². The summed E-state index contributed by atoms with van der Waals surface area (Å²) >= 11 is 0. The molecule has 0 saturated heterocycles. The molecule has 130 valence electrons. The van der Waals surface area contributed by atoms with Crippen molar-refractivity contribution in [2.24, 2.45) is 0 Å². The van der Waals surface area contributed by atoms with Crippen LogP contribution in [0.25, 0.3) is 11.3 Å². The number of aromatic nitrogens is 2. The molecule has 1 aromatic heterocycles. The van der Waals surface area contributed by atoms with Gasteiger partial charge in [0, 0.05) is 11.6 Å². The first-order valence-corrected chi connectivity index (χ1v) is 8.06. The van der Waals surface area contributed by atoms with Crippen molar-refractivity contribution in [1.82, 2.24) is 9.97 Å². The van der Waals surface area contributed by atoms with Crippen molar-refractivity contribution in [2.45, 2.75) is 13.0 Å². The molecule has 1 unspecified atom stereocenters. The van der Waals surface area contributed by atoms with Crippen molar-refractivity contribution in [3.63, 3.8) is 0 Å². The molecular weight excluding hydrogens is 328 g/mol. The fourth-order valence-corrected chi connectivity index (χ4v) is 2.56. The van der Waals surface area contributed by atoms with Crippen LogP contribution in [0.4, 0.5) is 5.82 Å². The molecule has 0 aliphatic carbocycles. The van der Waals surface area contributed by atoms with Crippen molar-refractivity contribution in [3.8, 4) is 28.8 Å². The van der Waals surface area contributed by atoms with Gasteiger partial charge in [-0.3, -0.25) is 4.98 Å². The zero-order valence-electron chi connectivity index (χ0n) is 14.5. The molecule has 0 spiro atoms. The highest BCUT2D eigenvalue weighted by Gasteiger charge is 2.10. The van der Waals surface area contributed by atoms with Gasteiger partial charge < -0.3 is 15.2 Å². The fourth-order valence-electron chi connectivity index (χ4n) is 2.56. The quantitative estimate of drug-likeness (QED) is 0.728. The predicted molar refractivity (Wildman–Crippen MR) is 98.9 cm³/mol. The van der Waals surface area contributed by atoms with Crippen molar-refractivity contribution >= 4 is 5.82 Å². The van der Waals surface area contributed by atoms with Crippen LogP contribution in [0.15, 0.2) is 54.9 Å². The third kappa shape index (κ3) is 3.73. The van der Waals surface area contributed by atoms with E-state index in [1.807, 2.05) is 19.1 Å². The molecule has 2 aromatic carbocycles. The molecule has 26 heavy (non-hydrogen) atoms. The summed E-state index contributed by atoms with van der Waals surface area (Å²) in [5, 5.41) is 21.9. The van der Waals surface area contributed by atoms with Gasteiger partial charge in [-0.15, -0.1) is 0 Å². The van der Waals surface area contributed by atoms with Crippen LogP contribution in [-0.4, -0.2) is 22.2 Å². The first kappa shape index (κ1) is 17.2. The molecular formula is C20H18N4O2. The van der Waals surface area contributed by atoms with Crippen molar-refractivity contribution in [3.05, 3.63) is 66.0 Å². The summed E-state index contributed by atoms with van der Waals surface area (Å²) in [7, 11) is 1.50. The Labute approximate surface area is 151 Å². The monoisotopic (exact) mass is 346 g/mol. The largest absolute Gasteiger partial charge is 0.504 e. The molecule has 2 N–H and O–H groups in total. The van der Waals surface area contributed by atoms with Crippen LogP contribution in [-0.2, 0) is 0 Å². The second-order valence-electron chi connectivity index (χ2n) is 5.78. The molecule has 3 aromatic rings. The maximum Gasteiger partial charge on any atom is 0.161 e. The van der Waals surface area contributed by atoms with Crippen molar-refractivity contribution in [2.75, 3.05) is 12.4 Å². The molecule has 1 heterocycles. The number of methoxy groups -OCH3 is 1. The molecule has 0 aliphatic heterocycles. The molecule has 1 atom stereocenters. The van der Waals surface area contributed by atoms with E-state index in [0.29, 0.717) is 22.8 Å². The molecule has 6 nitrogen and oxygen atoms in total. The van der Waals surface area contributed by atoms with Gasteiger partial charge in [-0.2, -0.15) is 5.26 Å². The Hall–Kier alpha value is -3.59. The van der Waals surface area contributed by atoms with E-state index in [1.165, 1.54) is 7.11 Å². The first-order chi connectivity index (χ1) is 12.6. The average Bonchev–Trinajstić information content (AvgIpc) is 2.68. The predicted octanol–water partition coefficient (Wildman–Crippen LogP) is 3.90. The van der Waals surface area contributed by atoms with Gasteiger partial charge in [-0.05, 0) is 42.8 Å². The number of nitriles is 1. The van der Waals surface area contributed by atoms with Gasteiger partial charge in [0.05, 0.1) is 36.8 Å². The van der Waals surface area contributed by atoms with E-state index in [-0.39, 0.29) is 11.8 Å². The number of benzene rings is 2. The molecule has 0 radical (unpaired) electrons. The number of hydrogen-bond donors (Lipinski definition) is 2. The Kier molecular flexibility index (Phi) is 4.99. The second-order valence-corrected chi connectivity index (χ2v) is 5.78. The van der Waals surface area contributed by atoms with Gasteiger partial charge in [0.1, 0.15) is 5.82 Å². The SMILES string of the molecule is COc1cc(-c2cncc(NC(C)c3ccc(C#N)cc3)n2)ccc1O. The van der Waals surface area contributed by atoms with E-state index in [0.717, 1.165) is 11.1 Å². The van der Waals surface area contributed by atoms with Crippen LogP contribution in [0.1, 0.15) is 24.1 Å². The molecule has 0 amide bonds. The Morgan fingerprint density at radius 1 is 1.15 bits per heavy atom. The summed E-state index contributed by atoms with van der Waals surface area (Å²) < 4.78 is 5.14. The lowest BCUT2D eigenvalue weighted by Crippen LogP contribution is -2.08. The highest BCUT2D eigenvalue weighted by Crippen LogP contribution is 2.31. The summed E-state index contributed by atoms with van der Waals surface area (Å²) in [5.74, 6) is 1.09. The molecule has 0 aliphatic rings. The van der Waals surface area contributed by atoms with E-state index >= 15 is 0 Å². The van der Waals surface area contributed by atoms with Gasteiger partial charge in [0.25, 0.3) is 0 Å². The summed E-state index contributed by atoms with van der Waals surface area (Å²) in [6, 6.07) is 14.6. The number of hydrogen-bond acceptors (Lipinski definition) is 6. The summed E-state index contributed by atoms with van der Waals surface area (Å²) in [4.78, 5) is 8.83. The number of nitrogens with one attached hydrogen (secondary N) is 1. The summed E-state index contributed by atoms with van der Waals surface area (Å²) in [6.07, 6.45) is 3.31. The van der Waals surface area contributed by atoms with Crippen LogP contribution >= 0.6 is 0 Å². The highest BCUT2D eigenvalue weighted by atomic mass is 16.5. The lowest BCUT2D eigenvalue weighted by Gasteiger charge is -2.15. The number of nitrogens with zero attached hydrogens (tertiary/aromatic N) is 3. The molecule has 6 heteroatoms. The standard InChI is InChI=1S/C20H18N4O2/c1-13(15-5-3-14(10-21)4-6-15)23-20-12-22-11-17(24-20)16-7-8-18(25)19(9-16)26-2/h3-9,11-13,25H,1-2H3,(H,23,24). The number of phenolic OH excluding ortho intramolecular Hbond substituents is 1. The fraction of sp³-hybridized carbons (Fsp3) is 0.150. The van der Waals surface area contributed by atoms with Gasteiger partial charge in [0.15, 0.2) is 11.5 Å². The molecule has 3 rings (SSSR count). The third-order valence-electron chi connectivity index (χ3n) is 4.01. The summed E-state index contributed by atoms with van der Waals surface area (Å²) in [5.41, 5.74) is 3.13. The van der Waals surface area contributed by atoms with Crippen molar-refractivity contribution in [1.29, 1.82) is 5.26 Å². The van der Waals surface area contributed by atoms with E-state index in [4.69, 9.17) is 10.00 Å². The van der Waals surface area contributed by atoms with E-state index in [1.54, 1.807) is 42.7 Å². The zero-order valence-corrected chi connectivity index (χ0v) is 14.5. The second kappa shape index (κ2) is 7.53. The molecule has 0 bridgehead atoms. The minimum Gasteiger partial charge on any atom is -0.504 e. The summed E-state index contributed by atoms with van der Waals surface area (Å²) in [6.45, 7) is 2.01. The van der Waals surface area contributed by atoms with Crippen LogP contribution < -0.4 is 10.1 Å². The van der Waals surface area contributed by atoms with Gasteiger partial charge in [0.2, 0.25) is 0 Å². The van der Waals surface area contributed by atoms with E-state index in [9.17, 15) is 5.11 Å². The van der Waals surface area contributed by atoms with Crippen molar-refractivity contribution < 1.29 is 9.84 Å². The van der Waals surface area contributed by atoms with E-state index < -0.39 is 0 Å². The number of phenols is 1. The topological polar surface area (TPSA) is 91.1 Å². The van der Waals surface area contributed by atoms with Crippen LogP contribution in [0.3, 0.4) is 0 Å². The Morgan fingerprint density at radius 3 is 2.62 bits per heavy atom. The van der Waals surface area contributed by atoms with Gasteiger partial charge >= 0.3 is 0 Å². The normalized spacial score (nSPS) is 11.4. The van der Waals surface area contributed by atoms with Crippen LogP contribution in [0.5, 0.6) is 11.5 Å². The zero-order chi connectivity index (χ0) is 18.5. The maximum atomic E-state index is 9.73. The Bertz CT molecular complexity index is 949. The number of rotatable bonds is 5. The smallest absolute Gasteiger partial charge is 0.161 e. The number of ether oxygens (including phenoxy) is 1. The highest BCUT2D eigenvalue weighted by molar-refractivity contribution is 5.64. The van der Waals surface area contributed by atoms with Crippen LogP contribution in [0, 0.1) is 11.3 Å². The Balaban J connectivity index is 1.81. The third-order valence-corrected chi connectivity index (χ3v) is 4.01. The Morgan fingerprint density at radius 2 is 1.92 bits per heavy atom. The van der Waals surface area contributed by atoms with Gasteiger partial charge in [-0.25, -0.2) is 4.98 Å². The van der Waals surface area contributed by atoms with Crippen LogP contribution in [0.2, 0.25) is 0 Å². The lowest BCUT2D eigenvalue weighted by atomic mass is 10.1. The minimum absolute atomic E-state index is 0.00152. The molecule has 0 fully saturated rings. The maximum absolute atomic E-state index is 9.73. The minimum atomic E-state index is 0.00152. The number of aromatic hydroxyl groups is 1. The average molecular weight is 346 g/mol. The lowest BCUT2D eigenvalue weighted by molar-refractivity contribution is 0.373. The first-order valence-electron chi connectivity index (χ1n) is 8.06. The van der Waals surface area contributed by atoms with Gasteiger partial charge in [-0.1, -0.05) is 12.1 Å². The molecule has 0 saturated carbocycles. The number of anilines is 1.